The maximum atomic E-state index is 12.6. The van der Waals surface area contributed by atoms with Crippen molar-refractivity contribution >= 4 is 16.0 Å². The van der Waals surface area contributed by atoms with Crippen molar-refractivity contribution < 1.29 is 17.9 Å². The molecule has 0 unspecified atom stereocenters. The van der Waals surface area contributed by atoms with Gasteiger partial charge in [-0.05, 0) is 56.9 Å². The van der Waals surface area contributed by atoms with Crippen LogP contribution in [0.4, 0.5) is 0 Å². The van der Waals surface area contributed by atoms with E-state index in [-0.39, 0.29) is 4.90 Å². The van der Waals surface area contributed by atoms with Crippen molar-refractivity contribution in [3.63, 3.8) is 0 Å². The lowest BCUT2D eigenvalue weighted by atomic mass is 10.0. The zero-order valence-electron chi connectivity index (χ0n) is 13.4. The van der Waals surface area contributed by atoms with Crippen molar-refractivity contribution in [2.24, 2.45) is 0 Å². The van der Waals surface area contributed by atoms with E-state index in [1.807, 2.05) is 19.9 Å². The van der Waals surface area contributed by atoms with Gasteiger partial charge in [0.2, 0.25) is 10.0 Å². The van der Waals surface area contributed by atoms with Crippen LogP contribution >= 0.6 is 0 Å². The number of sulfonamides is 1. The quantitative estimate of drug-likeness (QED) is 0.831. The molecule has 0 aliphatic carbocycles. The van der Waals surface area contributed by atoms with Gasteiger partial charge in [0.1, 0.15) is 12.1 Å². The Bertz CT molecular complexity index is 707. The van der Waals surface area contributed by atoms with Crippen LogP contribution in [0.1, 0.15) is 29.2 Å². The lowest BCUT2D eigenvalue weighted by Crippen LogP contribution is -2.40. The van der Waals surface area contributed by atoms with Gasteiger partial charge in [-0.15, -0.1) is 0 Å². The number of nitrogens with one attached hydrogen (secondary N) is 1. The van der Waals surface area contributed by atoms with Crippen LogP contribution < -0.4 is 4.72 Å². The SMILES string of the molecule is Cc1cc(C)c(C)c(S(=O)(=O)N[C@@H](C)C(=O)OCC#N)c1C. The third-order valence-electron chi connectivity index (χ3n) is 3.53. The average molecular weight is 324 g/mol. The number of aryl methyl sites for hydroxylation is 2. The number of hydrogen-bond acceptors (Lipinski definition) is 5. The molecule has 0 aliphatic heterocycles. The Hall–Kier alpha value is -1.91. The molecule has 120 valence electrons. The Labute approximate surface area is 131 Å². The van der Waals surface area contributed by atoms with Gasteiger partial charge < -0.3 is 4.74 Å². The van der Waals surface area contributed by atoms with Crippen LogP contribution in [0.15, 0.2) is 11.0 Å². The molecule has 1 aromatic rings. The molecule has 1 N–H and O–H groups in total. The van der Waals surface area contributed by atoms with Crippen LogP contribution in [0.2, 0.25) is 0 Å². The Morgan fingerprint density at radius 3 is 2.23 bits per heavy atom. The Morgan fingerprint density at radius 2 is 1.77 bits per heavy atom. The molecule has 1 rings (SSSR count). The number of nitrogens with zero attached hydrogens (tertiary/aromatic N) is 1. The molecular formula is C15H20N2O4S. The van der Waals surface area contributed by atoms with Gasteiger partial charge in [0.05, 0.1) is 4.90 Å². The van der Waals surface area contributed by atoms with E-state index in [1.165, 1.54) is 6.92 Å². The largest absolute Gasteiger partial charge is 0.449 e. The highest BCUT2D eigenvalue weighted by molar-refractivity contribution is 7.89. The number of ether oxygens (including phenoxy) is 1. The first-order chi connectivity index (χ1) is 10.1. The molecule has 0 amide bonds. The summed E-state index contributed by atoms with van der Waals surface area (Å²) < 4.78 is 32.1. The van der Waals surface area contributed by atoms with Crippen molar-refractivity contribution in [2.45, 2.75) is 45.6 Å². The Morgan fingerprint density at radius 1 is 1.27 bits per heavy atom. The Kier molecular flexibility index (Phi) is 5.69. The van der Waals surface area contributed by atoms with E-state index in [1.54, 1.807) is 19.9 Å². The van der Waals surface area contributed by atoms with Gasteiger partial charge in [-0.3, -0.25) is 4.79 Å². The van der Waals surface area contributed by atoms with Crippen molar-refractivity contribution in [3.05, 3.63) is 28.3 Å². The second kappa shape index (κ2) is 6.90. The number of esters is 1. The predicted molar refractivity (Wildman–Crippen MR) is 81.7 cm³/mol. The first-order valence-electron chi connectivity index (χ1n) is 6.75. The summed E-state index contributed by atoms with van der Waals surface area (Å²) in [6.07, 6.45) is 0. The van der Waals surface area contributed by atoms with Gasteiger partial charge in [-0.25, -0.2) is 8.42 Å². The van der Waals surface area contributed by atoms with E-state index < -0.39 is 28.6 Å². The summed E-state index contributed by atoms with van der Waals surface area (Å²) in [5, 5.41) is 8.38. The first kappa shape index (κ1) is 18.1. The number of nitriles is 1. The van der Waals surface area contributed by atoms with E-state index in [0.29, 0.717) is 11.1 Å². The summed E-state index contributed by atoms with van der Waals surface area (Å²) in [6, 6.07) is 2.51. The van der Waals surface area contributed by atoms with E-state index in [4.69, 9.17) is 5.26 Å². The van der Waals surface area contributed by atoms with Gasteiger partial charge in [-0.2, -0.15) is 9.98 Å². The fourth-order valence-electron chi connectivity index (χ4n) is 2.15. The molecule has 0 radical (unpaired) electrons. The molecule has 0 heterocycles. The van der Waals surface area contributed by atoms with E-state index in [2.05, 4.69) is 9.46 Å². The molecule has 22 heavy (non-hydrogen) atoms. The number of hydrogen-bond donors (Lipinski definition) is 1. The zero-order valence-corrected chi connectivity index (χ0v) is 14.2. The van der Waals surface area contributed by atoms with Crippen LogP contribution in [0, 0.1) is 39.0 Å². The van der Waals surface area contributed by atoms with E-state index in [0.717, 1.165) is 11.1 Å². The number of benzene rings is 1. The van der Waals surface area contributed by atoms with Crippen molar-refractivity contribution in [1.82, 2.24) is 4.72 Å². The fraction of sp³-hybridized carbons (Fsp3) is 0.467. The fourth-order valence-corrected chi connectivity index (χ4v) is 3.96. The van der Waals surface area contributed by atoms with Gasteiger partial charge in [-0.1, -0.05) is 6.07 Å². The zero-order chi connectivity index (χ0) is 17.1. The summed E-state index contributed by atoms with van der Waals surface area (Å²) in [4.78, 5) is 11.8. The van der Waals surface area contributed by atoms with Gasteiger partial charge in [0, 0.05) is 0 Å². The molecule has 0 saturated carbocycles. The third-order valence-corrected chi connectivity index (χ3v) is 5.34. The van der Waals surface area contributed by atoms with Crippen LogP contribution in [-0.4, -0.2) is 27.0 Å². The summed E-state index contributed by atoms with van der Waals surface area (Å²) in [6.45, 7) is 8.11. The minimum atomic E-state index is -3.87. The summed E-state index contributed by atoms with van der Waals surface area (Å²) >= 11 is 0. The highest BCUT2D eigenvalue weighted by Crippen LogP contribution is 2.26. The lowest BCUT2D eigenvalue weighted by molar-refractivity contribution is -0.143. The van der Waals surface area contributed by atoms with E-state index >= 15 is 0 Å². The number of carbonyl (C=O) groups excluding carboxylic acids is 1. The molecule has 0 aliphatic rings. The van der Waals surface area contributed by atoms with Gasteiger partial charge in [0.15, 0.2) is 6.61 Å². The smallest absolute Gasteiger partial charge is 0.324 e. The second-order valence-electron chi connectivity index (χ2n) is 5.20. The molecule has 7 heteroatoms. The molecule has 0 fully saturated rings. The predicted octanol–water partition coefficient (Wildman–Crippen LogP) is 1.65. The lowest BCUT2D eigenvalue weighted by Gasteiger charge is -2.18. The maximum Gasteiger partial charge on any atom is 0.324 e. The van der Waals surface area contributed by atoms with Crippen LogP contribution in [0.25, 0.3) is 0 Å². The standard InChI is InChI=1S/C15H20N2O4S/c1-9-8-10(2)12(4)14(11(9)3)22(19,20)17-13(5)15(18)21-7-6-16/h8,13,17H,7H2,1-5H3/t13-/m0/s1. The third kappa shape index (κ3) is 3.84. The van der Waals surface area contributed by atoms with Crippen molar-refractivity contribution in [2.75, 3.05) is 6.61 Å². The van der Waals surface area contributed by atoms with E-state index in [9.17, 15) is 13.2 Å². The van der Waals surface area contributed by atoms with Crippen molar-refractivity contribution in [1.29, 1.82) is 5.26 Å². The summed E-state index contributed by atoms with van der Waals surface area (Å²) in [5.41, 5.74) is 3.02. The highest BCUT2D eigenvalue weighted by atomic mass is 32.2. The minimum Gasteiger partial charge on any atom is -0.449 e. The second-order valence-corrected chi connectivity index (χ2v) is 6.85. The minimum absolute atomic E-state index is 0.185. The Balaban J connectivity index is 3.17. The molecule has 0 bridgehead atoms. The van der Waals surface area contributed by atoms with Crippen LogP contribution in [0.3, 0.4) is 0 Å². The summed E-state index contributed by atoms with van der Waals surface area (Å²) in [7, 11) is -3.87. The van der Waals surface area contributed by atoms with Gasteiger partial charge in [0.25, 0.3) is 0 Å². The van der Waals surface area contributed by atoms with Gasteiger partial charge >= 0.3 is 5.97 Å². The first-order valence-corrected chi connectivity index (χ1v) is 8.23. The van der Waals surface area contributed by atoms with Crippen molar-refractivity contribution in [3.8, 4) is 6.07 Å². The molecule has 0 aromatic heterocycles. The van der Waals surface area contributed by atoms with Crippen LogP contribution in [-0.2, 0) is 19.6 Å². The molecule has 0 saturated heterocycles. The number of rotatable bonds is 5. The molecule has 1 atom stereocenters. The molecule has 1 aromatic carbocycles. The topological polar surface area (TPSA) is 96.3 Å². The average Bonchev–Trinajstić information content (AvgIpc) is 2.41. The summed E-state index contributed by atoms with van der Waals surface area (Å²) in [5.74, 6) is -0.787. The normalized spacial score (nSPS) is 12.5. The highest BCUT2D eigenvalue weighted by Gasteiger charge is 2.27. The van der Waals surface area contributed by atoms with Crippen LogP contribution in [0.5, 0.6) is 0 Å². The maximum absolute atomic E-state index is 12.6. The molecule has 6 nitrogen and oxygen atoms in total. The molecule has 0 spiro atoms. The number of carbonyl (C=O) groups is 1. The monoisotopic (exact) mass is 324 g/mol. The molecular weight excluding hydrogens is 304 g/mol.